The van der Waals surface area contributed by atoms with Crippen LogP contribution < -0.4 is 5.32 Å². The average molecular weight is 390 g/mol. The number of rotatable bonds is 5. The average Bonchev–Trinajstić information content (AvgIpc) is 2.92. The third-order valence-corrected chi connectivity index (χ3v) is 5.09. The summed E-state index contributed by atoms with van der Waals surface area (Å²) in [6.45, 7) is 0.471. The molecule has 26 heavy (non-hydrogen) atoms. The van der Waals surface area contributed by atoms with E-state index < -0.39 is 0 Å². The molecule has 1 heterocycles. The predicted octanol–water partition coefficient (Wildman–Crippen LogP) is 4.52. The van der Waals surface area contributed by atoms with E-state index in [0.717, 1.165) is 0 Å². The van der Waals surface area contributed by atoms with Crippen molar-refractivity contribution in [2.45, 2.75) is 6.04 Å². The highest BCUT2D eigenvalue weighted by Crippen LogP contribution is 2.28. The second-order valence-electron chi connectivity index (χ2n) is 6.53. The van der Waals surface area contributed by atoms with Crippen molar-refractivity contribution in [3.63, 3.8) is 0 Å². The van der Waals surface area contributed by atoms with Gasteiger partial charge in [-0.3, -0.25) is 4.79 Å². The lowest BCUT2D eigenvalue weighted by Crippen LogP contribution is -2.34. The molecule has 0 saturated heterocycles. The molecule has 4 nitrogen and oxygen atoms in total. The van der Waals surface area contributed by atoms with Gasteiger partial charge in [-0.25, -0.2) is 0 Å². The van der Waals surface area contributed by atoms with E-state index in [-0.39, 0.29) is 11.9 Å². The van der Waals surface area contributed by atoms with Crippen molar-refractivity contribution in [2.75, 3.05) is 20.6 Å². The molecule has 6 heteroatoms. The molecule has 1 unspecified atom stereocenters. The Kier molecular flexibility index (Phi) is 5.56. The van der Waals surface area contributed by atoms with Gasteiger partial charge in [-0.2, -0.15) is 0 Å². The lowest BCUT2D eigenvalue weighted by Gasteiger charge is -2.24. The number of nitrogens with one attached hydrogen (secondary N) is 1. The Balaban J connectivity index is 1.84. The highest BCUT2D eigenvalue weighted by molar-refractivity contribution is 6.36. The Morgan fingerprint density at radius 3 is 2.62 bits per heavy atom. The molecule has 0 aliphatic rings. The highest BCUT2D eigenvalue weighted by atomic mass is 35.5. The zero-order valence-corrected chi connectivity index (χ0v) is 16.5. The van der Waals surface area contributed by atoms with Crippen LogP contribution in [-0.4, -0.2) is 36.0 Å². The van der Waals surface area contributed by atoms with Crippen LogP contribution in [0.4, 0.5) is 0 Å². The second-order valence-corrected chi connectivity index (χ2v) is 7.37. The van der Waals surface area contributed by atoms with Gasteiger partial charge in [0.15, 0.2) is 0 Å². The largest absolute Gasteiger partial charge is 0.350 e. The number of carbonyl (C=O) groups excluding carboxylic acids is 1. The first-order valence-electron chi connectivity index (χ1n) is 8.32. The molecule has 1 atom stereocenters. The van der Waals surface area contributed by atoms with Crippen LogP contribution in [0.2, 0.25) is 10.0 Å². The van der Waals surface area contributed by atoms with E-state index in [1.165, 1.54) is 16.5 Å². The number of amides is 1. The Hall–Kier alpha value is -2.01. The SMILES string of the molecule is CN(C)C(CNC(=O)c1ccc(Cl)cc1Cl)c1cn(C)c2ccccc12. The van der Waals surface area contributed by atoms with E-state index in [2.05, 4.69) is 33.1 Å². The lowest BCUT2D eigenvalue weighted by molar-refractivity contribution is 0.0942. The number of hydrogen-bond donors (Lipinski definition) is 1. The molecular formula is C20H21Cl2N3O. The standard InChI is InChI=1S/C20H21Cl2N3O/c1-24(2)19(16-12-25(3)18-7-5-4-6-14(16)18)11-23-20(26)15-9-8-13(21)10-17(15)22/h4-10,12,19H,11H2,1-3H3,(H,23,26). The molecule has 1 amide bonds. The first kappa shape index (κ1) is 18.8. The van der Waals surface area contributed by atoms with Gasteiger partial charge in [0.25, 0.3) is 5.91 Å². The molecule has 136 valence electrons. The van der Waals surface area contributed by atoms with Gasteiger partial charge in [0.1, 0.15) is 0 Å². The van der Waals surface area contributed by atoms with Crippen molar-refractivity contribution in [1.29, 1.82) is 0 Å². The Morgan fingerprint density at radius 1 is 1.19 bits per heavy atom. The van der Waals surface area contributed by atoms with E-state index in [9.17, 15) is 4.79 Å². The van der Waals surface area contributed by atoms with Crippen LogP contribution in [0.25, 0.3) is 10.9 Å². The number of fused-ring (bicyclic) bond motifs is 1. The van der Waals surface area contributed by atoms with Crippen LogP contribution in [0.5, 0.6) is 0 Å². The first-order valence-corrected chi connectivity index (χ1v) is 9.07. The van der Waals surface area contributed by atoms with Crippen LogP contribution in [0.3, 0.4) is 0 Å². The topological polar surface area (TPSA) is 37.3 Å². The van der Waals surface area contributed by atoms with Gasteiger partial charge in [-0.05, 0) is 43.9 Å². The smallest absolute Gasteiger partial charge is 0.252 e. The van der Waals surface area contributed by atoms with Crippen molar-refractivity contribution in [3.8, 4) is 0 Å². The normalized spacial score (nSPS) is 12.5. The Labute approximate surface area is 163 Å². The summed E-state index contributed by atoms with van der Waals surface area (Å²) in [5.74, 6) is -0.209. The zero-order valence-electron chi connectivity index (χ0n) is 15.0. The van der Waals surface area contributed by atoms with Crippen LogP contribution >= 0.6 is 23.2 Å². The number of carbonyl (C=O) groups is 1. The summed E-state index contributed by atoms with van der Waals surface area (Å²) in [7, 11) is 6.05. The third-order valence-electron chi connectivity index (χ3n) is 4.54. The number of halogens is 2. The van der Waals surface area contributed by atoms with Crippen molar-refractivity contribution < 1.29 is 4.79 Å². The van der Waals surface area contributed by atoms with Gasteiger partial charge in [0.2, 0.25) is 0 Å². The van der Waals surface area contributed by atoms with E-state index in [1.54, 1.807) is 18.2 Å². The van der Waals surface area contributed by atoms with E-state index in [0.29, 0.717) is 22.2 Å². The maximum atomic E-state index is 12.5. The molecule has 0 fully saturated rings. The lowest BCUT2D eigenvalue weighted by atomic mass is 10.0. The van der Waals surface area contributed by atoms with Gasteiger partial charge in [0.05, 0.1) is 16.6 Å². The van der Waals surface area contributed by atoms with Gasteiger partial charge >= 0.3 is 0 Å². The second kappa shape index (κ2) is 7.70. The molecule has 0 saturated carbocycles. The highest BCUT2D eigenvalue weighted by Gasteiger charge is 2.21. The summed E-state index contributed by atoms with van der Waals surface area (Å²) in [6.07, 6.45) is 2.12. The van der Waals surface area contributed by atoms with Crippen molar-refractivity contribution in [1.82, 2.24) is 14.8 Å². The summed E-state index contributed by atoms with van der Waals surface area (Å²) in [5, 5.41) is 5.04. The van der Waals surface area contributed by atoms with E-state index >= 15 is 0 Å². The number of benzene rings is 2. The van der Waals surface area contributed by atoms with Crippen molar-refractivity contribution >= 4 is 40.0 Å². The number of aromatic nitrogens is 1. The zero-order chi connectivity index (χ0) is 18.8. The predicted molar refractivity (Wildman–Crippen MR) is 108 cm³/mol. The van der Waals surface area contributed by atoms with Gasteiger partial charge < -0.3 is 14.8 Å². The van der Waals surface area contributed by atoms with Gasteiger partial charge in [0, 0.05) is 35.7 Å². The molecule has 3 rings (SSSR count). The molecule has 1 N–H and O–H groups in total. The third kappa shape index (κ3) is 3.73. The minimum atomic E-state index is -0.209. The number of para-hydroxylation sites is 1. The first-order chi connectivity index (χ1) is 12.4. The molecule has 3 aromatic rings. The van der Waals surface area contributed by atoms with Crippen molar-refractivity contribution in [2.24, 2.45) is 7.05 Å². The van der Waals surface area contributed by atoms with Crippen LogP contribution in [0.15, 0.2) is 48.7 Å². The van der Waals surface area contributed by atoms with Gasteiger partial charge in [-0.1, -0.05) is 41.4 Å². The van der Waals surface area contributed by atoms with Crippen molar-refractivity contribution in [3.05, 3.63) is 69.8 Å². The summed E-state index contributed by atoms with van der Waals surface area (Å²) in [4.78, 5) is 14.6. The minimum Gasteiger partial charge on any atom is -0.350 e. The molecule has 0 bridgehead atoms. The number of nitrogens with zero attached hydrogens (tertiary/aromatic N) is 2. The minimum absolute atomic E-state index is 0.0381. The number of aryl methyl sites for hydroxylation is 1. The Morgan fingerprint density at radius 2 is 1.92 bits per heavy atom. The van der Waals surface area contributed by atoms with Crippen LogP contribution in [0, 0.1) is 0 Å². The maximum absolute atomic E-state index is 12.5. The fourth-order valence-electron chi connectivity index (χ4n) is 3.17. The summed E-state index contributed by atoms with van der Waals surface area (Å²) >= 11 is 12.0. The summed E-state index contributed by atoms with van der Waals surface area (Å²) < 4.78 is 2.11. The molecule has 0 radical (unpaired) electrons. The monoisotopic (exact) mass is 389 g/mol. The quantitative estimate of drug-likeness (QED) is 0.696. The van der Waals surface area contributed by atoms with Gasteiger partial charge in [-0.15, -0.1) is 0 Å². The molecule has 2 aromatic carbocycles. The van der Waals surface area contributed by atoms with E-state index in [4.69, 9.17) is 23.2 Å². The van der Waals surface area contributed by atoms with Crippen LogP contribution in [-0.2, 0) is 7.05 Å². The van der Waals surface area contributed by atoms with Crippen LogP contribution in [0.1, 0.15) is 22.0 Å². The number of hydrogen-bond acceptors (Lipinski definition) is 2. The Bertz CT molecular complexity index is 949. The molecule has 0 spiro atoms. The van der Waals surface area contributed by atoms with E-state index in [1.807, 2.05) is 33.3 Å². The maximum Gasteiger partial charge on any atom is 0.252 e. The fourth-order valence-corrected chi connectivity index (χ4v) is 3.66. The molecule has 0 aliphatic carbocycles. The molecular weight excluding hydrogens is 369 g/mol. The molecule has 1 aromatic heterocycles. The summed E-state index contributed by atoms with van der Waals surface area (Å²) in [5.41, 5.74) is 2.77. The summed E-state index contributed by atoms with van der Waals surface area (Å²) in [6, 6.07) is 13.2. The number of likely N-dealkylation sites (N-methyl/N-ethyl adjacent to an activating group) is 1. The molecule has 0 aliphatic heterocycles. The fraction of sp³-hybridized carbons (Fsp3) is 0.250.